The van der Waals surface area contributed by atoms with Gasteiger partial charge >= 0.3 is 5.97 Å². The molecule has 5 rings (SSSR count). The highest BCUT2D eigenvalue weighted by atomic mass is 16.6. The summed E-state index contributed by atoms with van der Waals surface area (Å²) in [6, 6.07) is 8.49. The molecule has 1 heterocycles. The first kappa shape index (κ1) is 19.4. The highest BCUT2D eigenvalue weighted by molar-refractivity contribution is 5.86. The second kappa shape index (κ2) is 7.62. The number of carbonyl (C=O) groups excluding carboxylic acids is 1. The molecular formula is C25H29NO4. The summed E-state index contributed by atoms with van der Waals surface area (Å²) < 4.78 is 17.2. The van der Waals surface area contributed by atoms with Crippen molar-refractivity contribution in [2.24, 2.45) is 0 Å². The van der Waals surface area contributed by atoms with E-state index in [1.165, 1.54) is 18.2 Å². The predicted octanol–water partition coefficient (Wildman–Crippen LogP) is 4.84. The fourth-order valence-corrected chi connectivity index (χ4v) is 4.47. The van der Waals surface area contributed by atoms with Gasteiger partial charge in [-0.25, -0.2) is 4.79 Å². The third-order valence-corrected chi connectivity index (χ3v) is 6.45. The van der Waals surface area contributed by atoms with Crippen molar-refractivity contribution in [2.75, 3.05) is 19.5 Å². The second-order valence-electron chi connectivity index (χ2n) is 8.76. The fourth-order valence-electron chi connectivity index (χ4n) is 4.47. The summed E-state index contributed by atoms with van der Waals surface area (Å²) in [5.74, 6) is 1.08. The van der Waals surface area contributed by atoms with Crippen molar-refractivity contribution in [3.63, 3.8) is 0 Å². The maximum absolute atomic E-state index is 12.8. The van der Waals surface area contributed by atoms with Crippen molar-refractivity contribution in [3.8, 4) is 16.9 Å². The molecule has 0 bridgehead atoms. The van der Waals surface area contributed by atoms with Gasteiger partial charge in [-0.15, -0.1) is 0 Å². The van der Waals surface area contributed by atoms with E-state index in [4.69, 9.17) is 19.9 Å². The number of benzene rings is 2. The van der Waals surface area contributed by atoms with Gasteiger partial charge in [0.2, 0.25) is 0 Å². The van der Waals surface area contributed by atoms with Gasteiger partial charge in [0.25, 0.3) is 0 Å². The van der Waals surface area contributed by atoms with E-state index in [1.54, 1.807) is 0 Å². The molecule has 2 saturated carbocycles. The molecule has 0 saturated heterocycles. The molecule has 3 aliphatic rings. The lowest BCUT2D eigenvalue weighted by atomic mass is 9.84. The zero-order valence-electron chi connectivity index (χ0n) is 17.7. The van der Waals surface area contributed by atoms with Gasteiger partial charge in [-0.2, -0.15) is 0 Å². The number of rotatable bonds is 6. The van der Waals surface area contributed by atoms with Crippen LogP contribution in [0, 0.1) is 6.92 Å². The van der Waals surface area contributed by atoms with Gasteiger partial charge in [0.15, 0.2) is 6.10 Å². The monoisotopic (exact) mass is 407 g/mol. The highest BCUT2D eigenvalue weighted by Gasteiger charge is 2.37. The Morgan fingerprint density at radius 2 is 2.00 bits per heavy atom. The van der Waals surface area contributed by atoms with E-state index in [1.807, 2.05) is 6.92 Å². The van der Waals surface area contributed by atoms with Gasteiger partial charge in [0.1, 0.15) is 5.75 Å². The molecule has 2 fully saturated rings. The quantitative estimate of drug-likeness (QED) is 0.548. The summed E-state index contributed by atoms with van der Waals surface area (Å²) in [7, 11) is 1.42. The molecule has 0 aromatic heterocycles. The summed E-state index contributed by atoms with van der Waals surface area (Å²) in [5, 5.41) is 0. The number of nitrogen functional groups attached to an aromatic ring is 1. The molecule has 30 heavy (non-hydrogen) atoms. The number of esters is 1. The van der Waals surface area contributed by atoms with Crippen LogP contribution in [-0.4, -0.2) is 25.8 Å². The van der Waals surface area contributed by atoms with Gasteiger partial charge in [-0.3, -0.25) is 0 Å². The maximum atomic E-state index is 12.8. The van der Waals surface area contributed by atoms with Crippen LogP contribution in [0.15, 0.2) is 24.3 Å². The molecule has 0 spiro atoms. The van der Waals surface area contributed by atoms with Crippen molar-refractivity contribution in [1.29, 1.82) is 0 Å². The Bertz CT molecular complexity index is 991. The van der Waals surface area contributed by atoms with Crippen molar-refractivity contribution >= 4 is 11.7 Å². The number of methoxy groups -OCH3 is 1. The normalized spacial score (nSPS) is 19.0. The van der Waals surface area contributed by atoms with Crippen LogP contribution in [0.4, 0.5) is 5.69 Å². The predicted molar refractivity (Wildman–Crippen MR) is 116 cm³/mol. The smallest absolute Gasteiger partial charge is 0.339 e. The van der Waals surface area contributed by atoms with E-state index >= 15 is 0 Å². The van der Waals surface area contributed by atoms with Gasteiger partial charge in [0, 0.05) is 11.3 Å². The van der Waals surface area contributed by atoms with Crippen LogP contribution in [0.3, 0.4) is 0 Å². The number of nitrogens with two attached hydrogens (primary N) is 1. The lowest BCUT2D eigenvalue weighted by Gasteiger charge is -2.26. The van der Waals surface area contributed by atoms with E-state index in [-0.39, 0.29) is 12.1 Å². The van der Waals surface area contributed by atoms with Crippen LogP contribution in [0.1, 0.15) is 66.4 Å². The van der Waals surface area contributed by atoms with Crippen LogP contribution >= 0.6 is 0 Å². The van der Waals surface area contributed by atoms with Crippen LogP contribution < -0.4 is 10.5 Å². The highest BCUT2D eigenvalue weighted by Crippen LogP contribution is 2.50. The van der Waals surface area contributed by atoms with Crippen LogP contribution in [0.2, 0.25) is 0 Å². The van der Waals surface area contributed by atoms with E-state index in [0.29, 0.717) is 11.6 Å². The summed E-state index contributed by atoms with van der Waals surface area (Å²) in [6.07, 6.45) is 5.64. The minimum absolute atomic E-state index is 0.115. The first-order valence-corrected chi connectivity index (χ1v) is 11.0. The number of hydrogen-bond donors (Lipinski definition) is 1. The number of aryl methyl sites for hydroxylation is 1. The summed E-state index contributed by atoms with van der Waals surface area (Å²) in [6.45, 7) is 2.75. The Balaban J connectivity index is 1.72. The lowest BCUT2D eigenvalue weighted by molar-refractivity contribution is -0.155. The van der Waals surface area contributed by atoms with Crippen molar-refractivity contribution in [3.05, 3.63) is 46.5 Å². The Hall–Kier alpha value is -2.53. The van der Waals surface area contributed by atoms with Crippen LogP contribution in [-0.2, 0) is 20.7 Å². The summed E-state index contributed by atoms with van der Waals surface area (Å²) in [5.41, 5.74) is 13.6. The largest absolute Gasteiger partial charge is 0.493 e. The average molecular weight is 408 g/mol. The molecule has 0 radical (unpaired) electrons. The molecule has 1 aliphatic heterocycles. The first-order valence-electron chi connectivity index (χ1n) is 11.0. The van der Waals surface area contributed by atoms with Gasteiger partial charge in [-0.05, 0) is 97.4 Å². The SMILES string of the molecule is COC(=O)C(OC1CC1)c1c(C)c(N)cc(C2CC2)c1-c1ccc2c(c1)CCCO2. The summed E-state index contributed by atoms with van der Waals surface area (Å²) in [4.78, 5) is 12.8. The van der Waals surface area contributed by atoms with Gasteiger partial charge in [-0.1, -0.05) is 6.07 Å². The molecule has 2 aromatic rings. The van der Waals surface area contributed by atoms with E-state index < -0.39 is 6.10 Å². The van der Waals surface area contributed by atoms with Crippen LogP contribution in [0.25, 0.3) is 11.1 Å². The molecule has 2 aliphatic carbocycles. The molecule has 5 heteroatoms. The van der Waals surface area contributed by atoms with Crippen LogP contribution in [0.5, 0.6) is 5.75 Å². The zero-order chi connectivity index (χ0) is 20.8. The van der Waals surface area contributed by atoms with Gasteiger partial charge < -0.3 is 19.9 Å². The molecule has 1 atom stereocenters. The molecule has 1 unspecified atom stereocenters. The number of ether oxygens (including phenoxy) is 3. The third-order valence-electron chi connectivity index (χ3n) is 6.45. The fraction of sp³-hybridized carbons (Fsp3) is 0.480. The number of fused-ring (bicyclic) bond motifs is 1. The van der Waals surface area contributed by atoms with Crippen molar-refractivity contribution in [1.82, 2.24) is 0 Å². The second-order valence-corrected chi connectivity index (χ2v) is 8.76. The molecule has 2 aromatic carbocycles. The zero-order valence-corrected chi connectivity index (χ0v) is 17.7. The van der Waals surface area contributed by atoms with Gasteiger partial charge in [0.05, 0.1) is 19.8 Å². The Kier molecular flexibility index (Phi) is 4.94. The van der Waals surface area contributed by atoms with E-state index in [0.717, 1.165) is 73.1 Å². The molecule has 2 N–H and O–H groups in total. The Labute approximate surface area is 177 Å². The average Bonchev–Trinajstić information content (AvgIpc) is 3.67. The lowest BCUT2D eigenvalue weighted by Crippen LogP contribution is -2.21. The number of anilines is 1. The topological polar surface area (TPSA) is 70.8 Å². The number of hydrogen-bond acceptors (Lipinski definition) is 5. The molecule has 5 nitrogen and oxygen atoms in total. The minimum atomic E-state index is -0.759. The van der Waals surface area contributed by atoms with Crippen molar-refractivity contribution in [2.45, 2.75) is 63.6 Å². The molecular weight excluding hydrogens is 378 g/mol. The summed E-state index contributed by atoms with van der Waals surface area (Å²) >= 11 is 0. The molecule has 158 valence electrons. The first-order chi connectivity index (χ1) is 14.6. The minimum Gasteiger partial charge on any atom is -0.493 e. The third kappa shape index (κ3) is 3.56. The maximum Gasteiger partial charge on any atom is 0.339 e. The van der Waals surface area contributed by atoms with E-state index in [9.17, 15) is 4.79 Å². The Morgan fingerprint density at radius 3 is 2.70 bits per heavy atom. The number of carbonyl (C=O) groups is 1. The van der Waals surface area contributed by atoms with Crippen molar-refractivity contribution < 1.29 is 19.0 Å². The standard InChI is InChI=1S/C25H29NO4/c1-14-20(26)13-19(15-5-6-15)23(17-7-10-21-16(12-17)4-3-11-29-21)22(14)24(25(27)28-2)30-18-8-9-18/h7,10,12-13,15,18,24H,3-6,8-9,11,26H2,1-2H3. The van der Waals surface area contributed by atoms with E-state index in [2.05, 4.69) is 24.3 Å². The Morgan fingerprint density at radius 1 is 1.20 bits per heavy atom. The molecule has 0 amide bonds.